The highest BCUT2D eigenvalue weighted by Crippen LogP contribution is 2.39. The number of nitrogens with one attached hydrogen (secondary N) is 1. The predicted octanol–water partition coefficient (Wildman–Crippen LogP) is 4.39. The van der Waals surface area contributed by atoms with E-state index in [1.54, 1.807) is 0 Å². The number of thioether (sulfide) groups is 1. The summed E-state index contributed by atoms with van der Waals surface area (Å²) in [5.41, 5.74) is 2.70. The first kappa shape index (κ1) is 12.8. The number of aryl methyl sites for hydroxylation is 2. The minimum atomic E-state index is 0.314. The third-order valence-corrected chi connectivity index (χ3v) is 4.88. The van der Waals surface area contributed by atoms with Gasteiger partial charge in [-0.1, -0.05) is 18.2 Å². The Morgan fingerprint density at radius 1 is 1.32 bits per heavy atom. The lowest BCUT2D eigenvalue weighted by Crippen LogP contribution is -2.24. The fraction of sp³-hybridized carbons (Fsp3) is 0.375. The van der Waals surface area contributed by atoms with Gasteiger partial charge in [0.1, 0.15) is 11.5 Å². The molecule has 19 heavy (non-hydrogen) atoms. The molecule has 3 rings (SSSR count). The summed E-state index contributed by atoms with van der Waals surface area (Å²) in [7, 11) is 0. The van der Waals surface area contributed by atoms with E-state index >= 15 is 0 Å². The molecule has 1 aromatic carbocycles. The van der Waals surface area contributed by atoms with Gasteiger partial charge in [-0.15, -0.1) is 11.8 Å². The first-order chi connectivity index (χ1) is 9.15. The van der Waals surface area contributed by atoms with E-state index in [1.165, 1.54) is 16.0 Å². The Hall–Kier alpha value is -1.19. The second-order valence-corrected chi connectivity index (χ2v) is 6.22. The van der Waals surface area contributed by atoms with Crippen LogP contribution in [0.1, 0.15) is 41.7 Å². The third kappa shape index (κ3) is 2.45. The van der Waals surface area contributed by atoms with Crippen molar-refractivity contribution in [3.05, 3.63) is 53.0 Å². The molecule has 1 aliphatic rings. The van der Waals surface area contributed by atoms with E-state index in [9.17, 15) is 0 Å². The molecule has 0 saturated heterocycles. The summed E-state index contributed by atoms with van der Waals surface area (Å²) in [4.78, 5) is 1.41. The number of furan rings is 1. The van der Waals surface area contributed by atoms with Crippen molar-refractivity contribution in [2.24, 2.45) is 0 Å². The van der Waals surface area contributed by atoms with Crippen LogP contribution in [0.25, 0.3) is 0 Å². The maximum Gasteiger partial charge on any atom is 0.105 e. The minimum absolute atomic E-state index is 0.314. The molecular formula is C16H19NOS. The Bertz CT molecular complexity index is 590. The fourth-order valence-electron chi connectivity index (χ4n) is 2.77. The van der Waals surface area contributed by atoms with Crippen LogP contribution in [0.3, 0.4) is 0 Å². The van der Waals surface area contributed by atoms with E-state index in [2.05, 4.69) is 42.6 Å². The van der Waals surface area contributed by atoms with E-state index in [-0.39, 0.29) is 0 Å². The average Bonchev–Trinajstić information content (AvgIpc) is 2.94. The molecule has 2 unspecified atom stereocenters. The summed E-state index contributed by atoms with van der Waals surface area (Å²) in [6, 6.07) is 11.6. The van der Waals surface area contributed by atoms with Gasteiger partial charge >= 0.3 is 0 Å². The van der Waals surface area contributed by atoms with Crippen LogP contribution in [-0.2, 0) is 0 Å². The first-order valence-corrected chi connectivity index (χ1v) is 7.68. The number of hydrogen-bond donors (Lipinski definition) is 1. The summed E-state index contributed by atoms with van der Waals surface area (Å²) >= 11 is 1.94. The highest BCUT2D eigenvalue weighted by atomic mass is 32.2. The van der Waals surface area contributed by atoms with Gasteiger partial charge in [-0.05, 0) is 38.5 Å². The topological polar surface area (TPSA) is 25.2 Å². The minimum Gasteiger partial charge on any atom is -0.466 e. The number of fused-ring (bicyclic) bond motifs is 1. The molecule has 2 atom stereocenters. The maximum atomic E-state index is 5.62. The van der Waals surface area contributed by atoms with Crippen molar-refractivity contribution in [2.75, 3.05) is 5.75 Å². The third-order valence-electron chi connectivity index (χ3n) is 3.70. The number of hydrogen-bond acceptors (Lipinski definition) is 3. The highest BCUT2D eigenvalue weighted by molar-refractivity contribution is 7.99. The zero-order valence-electron chi connectivity index (χ0n) is 11.6. The lowest BCUT2D eigenvalue weighted by Gasteiger charge is -2.19. The first-order valence-electron chi connectivity index (χ1n) is 6.70. The smallest absolute Gasteiger partial charge is 0.105 e. The van der Waals surface area contributed by atoms with Crippen molar-refractivity contribution in [1.82, 2.24) is 5.32 Å². The summed E-state index contributed by atoms with van der Waals surface area (Å²) < 4.78 is 5.62. The summed E-state index contributed by atoms with van der Waals surface area (Å²) in [5.74, 6) is 3.12. The van der Waals surface area contributed by atoms with Crippen LogP contribution in [-0.4, -0.2) is 5.75 Å². The van der Waals surface area contributed by atoms with Crippen molar-refractivity contribution in [2.45, 2.75) is 37.8 Å². The summed E-state index contributed by atoms with van der Waals surface area (Å²) in [5, 5.41) is 3.72. The van der Waals surface area contributed by atoms with Gasteiger partial charge in [0.2, 0.25) is 0 Å². The van der Waals surface area contributed by atoms with Gasteiger partial charge in [0.15, 0.2) is 0 Å². The number of benzene rings is 1. The van der Waals surface area contributed by atoms with Crippen LogP contribution in [0.2, 0.25) is 0 Å². The molecule has 0 fully saturated rings. The SMILES string of the molecule is Cc1cc(C(C)NC2CSc3ccccc32)c(C)o1. The molecule has 2 aromatic rings. The molecule has 1 N–H and O–H groups in total. The van der Waals surface area contributed by atoms with E-state index in [0.717, 1.165) is 17.3 Å². The van der Waals surface area contributed by atoms with Gasteiger partial charge in [-0.2, -0.15) is 0 Å². The second-order valence-electron chi connectivity index (χ2n) is 5.16. The summed E-state index contributed by atoms with van der Waals surface area (Å²) in [6.07, 6.45) is 0. The van der Waals surface area contributed by atoms with Crippen molar-refractivity contribution < 1.29 is 4.42 Å². The Balaban J connectivity index is 1.78. The Morgan fingerprint density at radius 2 is 2.11 bits per heavy atom. The Morgan fingerprint density at radius 3 is 2.84 bits per heavy atom. The highest BCUT2D eigenvalue weighted by Gasteiger charge is 2.25. The average molecular weight is 273 g/mol. The van der Waals surface area contributed by atoms with Crippen LogP contribution in [0.5, 0.6) is 0 Å². The largest absolute Gasteiger partial charge is 0.466 e. The van der Waals surface area contributed by atoms with Gasteiger partial charge in [0.05, 0.1) is 0 Å². The van der Waals surface area contributed by atoms with Crippen LogP contribution in [0, 0.1) is 13.8 Å². The van der Waals surface area contributed by atoms with Crippen LogP contribution < -0.4 is 5.32 Å². The van der Waals surface area contributed by atoms with Crippen LogP contribution in [0.15, 0.2) is 39.6 Å². The van der Waals surface area contributed by atoms with Crippen molar-refractivity contribution in [1.29, 1.82) is 0 Å². The Labute approximate surface area is 118 Å². The maximum absolute atomic E-state index is 5.62. The molecule has 3 heteroatoms. The molecule has 2 nitrogen and oxygen atoms in total. The molecule has 0 amide bonds. The van der Waals surface area contributed by atoms with Crippen LogP contribution >= 0.6 is 11.8 Å². The van der Waals surface area contributed by atoms with Crippen molar-refractivity contribution >= 4 is 11.8 Å². The van der Waals surface area contributed by atoms with Gasteiger partial charge in [0.25, 0.3) is 0 Å². The van der Waals surface area contributed by atoms with E-state index in [0.29, 0.717) is 12.1 Å². The van der Waals surface area contributed by atoms with E-state index in [1.807, 2.05) is 25.6 Å². The number of rotatable bonds is 3. The van der Waals surface area contributed by atoms with Gasteiger partial charge < -0.3 is 9.73 Å². The molecule has 2 heterocycles. The zero-order valence-corrected chi connectivity index (χ0v) is 12.4. The van der Waals surface area contributed by atoms with Crippen molar-refractivity contribution in [3.63, 3.8) is 0 Å². The lowest BCUT2D eigenvalue weighted by atomic mass is 10.0. The second kappa shape index (κ2) is 5.06. The molecule has 0 aliphatic carbocycles. The van der Waals surface area contributed by atoms with Gasteiger partial charge in [-0.25, -0.2) is 0 Å². The zero-order chi connectivity index (χ0) is 13.4. The monoisotopic (exact) mass is 273 g/mol. The predicted molar refractivity (Wildman–Crippen MR) is 79.6 cm³/mol. The lowest BCUT2D eigenvalue weighted by molar-refractivity contribution is 0.472. The molecule has 0 bridgehead atoms. The standard InChI is InChI=1S/C16H19NOS/c1-10-8-14(12(3)18-10)11(2)17-15-9-19-16-7-5-4-6-13(15)16/h4-8,11,15,17H,9H2,1-3H3. The van der Waals surface area contributed by atoms with E-state index < -0.39 is 0 Å². The quantitative estimate of drug-likeness (QED) is 0.897. The fourth-order valence-corrected chi connectivity index (χ4v) is 3.95. The van der Waals surface area contributed by atoms with Crippen LogP contribution in [0.4, 0.5) is 0 Å². The molecule has 0 saturated carbocycles. The molecule has 100 valence electrons. The molecule has 1 aliphatic heterocycles. The molecule has 0 radical (unpaired) electrons. The van der Waals surface area contributed by atoms with Gasteiger partial charge in [-0.3, -0.25) is 0 Å². The normalized spacial score (nSPS) is 19.4. The van der Waals surface area contributed by atoms with Crippen molar-refractivity contribution in [3.8, 4) is 0 Å². The Kier molecular flexibility index (Phi) is 3.42. The molecule has 1 aromatic heterocycles. The van der Waals surface area contributed by atoms with Gasteiger partial charge in [0, 0.05) is 28.3 Å². The summed E-state index contributed by atoms with van der Waals surface area (Å²) in [6.45, 7) is 6.25. The molecule has 0 spiro atoms. The molecular weight excluding hydrogens is 254 g/mol. The van der Waals surface area contributed by atoms with E-state index in [4.69, 9.17) is 4.42 Å².